The van der Waals surface area contributed by atoms with Gasteiger partial charge in [0.1, 0.15) is 0 Å². The highest BCUT2D eigenvalue weighted by atomic mass is 35.5. The molecule has 4 nitrogen and oxygen atoms in total. The van der Waals surface area contributed by atoms with Crippen LogP contribution in [0.25, 0.3) is 0 Å². The number of benzene rings is 1. The number of carbonyl (C=O) groups excluding carboxylic acids is 1. The maximum Gasteiger partial charge on any atom is 0.241 e. The second-order valence-electron chi connectivity index (χ2n) is 3.37. The first kappa shape index (κ1) is 14.9. The van der Waals surface area contributed by atoms with E-state index in [0.29, 0.717) is 6.61 Å². The number of para-hydroxylation sites is 1. The van der Waals surface area contributed by atoms with Crippen LogP contribution in [0.2, 0.25) is 0 Å². The number of carbonyl (C=O) groups is 1. The number of ether oxygens (including phenoxy) is 1. The molecule has 1 rings (SSSR count). The lowest BCUT2D eigenvalue weighted by atomic mass is 10.2. The molecule has 0 aliphatic heterocycles. The maximum atomic E-state index is 11.4. The number of rotatable bonds is 4. The summed E-state index contributed by atoms with van der Waals surface area (Å²) in [5.74, 6) is -0.196. The van der Waals surface area contributed by atoms with Gasteiger partial charge in [-0.3, -0.25) is 4.79 Å². The minimum Gasteiger partial charge on any atom is -0.380 e. The van der Waals surface area contributed by atoms with Gasteiger partial charge in [0, 0.05) is 18.4 Å². The van der Waals surface area contributed by atoms with Crippen molar-refractivity contribution in [2.24, 2.45) is 5.73 Å². The number of hydrogen-bond donors (Lipinski definition) is 2. The Morgan fingerprint density at radius 1 is 1.50 bits per heavy atom. The highest BCUT2D eigenvalue weighted by Gasteiger charge is 2.09. The molecule has 0 unspecified atom stereocenters. The molecule has 0 bridgehead atoms. The molecule has 0 aliphatic carbocycles. The fraction of sp³-hybridized carbons (Fsp3) is 0.364. The Balaban J connectivity index is 0.00000225. The summed E-state index contributed by atoms with van der Waals surface area (Å²) < 4.78 is 5.03. The lowest BCUT2D eigenvalue weighted by molar-refractivity contribution is -0.117. The molecule has 16 heavy (non-hydrogen) atoms. The predicted octanol–water partition coefficient (Wildman–Crippen LogP) is 1.54. The molecule has 0 radical (unpaired) electrons. The van der Waals surface area contributed by atoms with Crippen molar-refractivity contribution in [3.8, 4) is 0 Å². The van der Waals surface area contributed by atoms with Crippen molar-refractivity contribution in [1.29, 1.82) is 0 Å². The van der Waals surface area contributed by atoms with Gasteiger partial charge >= 0.3 is 0 Å². The zero-order valence-corrected chi connectivity index (χ0v) is 10.2. The number of amides is 1. The van der Waals surface area contributed by atoms with E-state index in [2.05, 4.69) is 5.32 Å². The molecule has 1 aromatic rings. The number of hydrogen-bond acceptors (Lipinski definition) is 3. The third kappa shape index (κ3) is 4.18. The highest BCUT2D eigenvalue weighted by molar-refractivity contribution is 5.94. The quantitative estimate of drug-likeness (QED) is 0.845. The minimum atomic E-state index is -0.513. The number of nitrogens with two attached hydrogens (primary N) is 1. The molecule has 90 valence electrons. The van der Waals surface area contributed by atoms with Crippen LogP contribution < -0.4 is 11.1 Å². The summed E-state index contributed by atoms with van der Waals surface area (Å²) in [5, 5.41) is 2.75. The Hall–Kier alpha value is -1.10. The van der Waals surface area contributed by atoms with Crippen molar-refractivity contribution in [3.63, 3.8) is 0 Å². The van der Waals surface area contributed by atoms with Crippen molar-refractivity contribution in [3.05, 3.63) is 29.8 Å². The van der Waals surface area contributed by atoms with Gasteiger partial charge in [-0.25, -0.2) is 0 Å². The topological polar surface area (TPSA) is 64.3 Å². The van der Waals surface area contributed by atoms with Gasteiger partial charge in [0.25, 0.3) is 0 Å². The van der Waals surface area contributed by atoms with E-state index in [0.717, 1.165) is 11.3 Å². The maximum absolute atomic E-state index is 11.4. The standard InChI is InChI=1S/C11H16N2O2.ClH/c1-8(12)11(14)13-10-6-4-3-5-9(10)7-15-2;/h3-6,8H,7,12H2,1-2H3,(H,13,14);1H/t8-;/m1./s1. The highest BCUT2D eigenvalue weighted by Crippen LogP contribution is 2.15. The molecule has 3 N–H and O–H groups in total. The lowest BCUT2D eigenvalue weighted by Gasteiger charge is -2.11. The molecular formula is C11H17ClN2O2. The van der Waals surface area contributed by atoms with Crippen LogP contribution in [0, 0.1) is 0 Å². The monoisotopic (exact) mass is 244 g/mol. The second kappa shape index (κ2) is 7.22. The van der Waals surface area contributed by atoms with E-state index >= 15 is 0 Å². The summed E-state index contributed by atoms with van der Waals surface area (Å²) in [6, 6.07) is 6.97. The Kier molecular flexibility index (Phi) is 6.72. The average molecular weight is 245 g/mol. The van der Waals surface area contributed by atoms with Crippen molar-refractivity contribution in [2.75, 3.05) is 12.4 Å². The van der Waals surface area contributed by atoms with Crippen LogP contribution in [0.3, 0.4) is 0 Å². The Morgan fingerprint density at radius 2 is 2.12 bits per heavy atom. The summed E-state index contributed by atoms with van der Waals surface area (Å²) in [6.45, 7) is 2.11. The molecule has 0 saturated heterocycles. The van der Waals surface area contributed by atoms with Gasteiger partial charge in [-0.1, -0.05) is 18.2 Å². The SMILES string of the molecule is COCc1ccccc1NC(=O)[C@@H](C)N.Cl. The molecule has 0 aliphatic rings. The van der Waals surface area contributed by atoms with Gasteiger partial charge < -0.3 is 15.8 Å². The zero-order valence-electron chi connectivity index (χ0n) is 9.40. The molecule has 1 atom stereocenters. The third-order valence-electron chi connectivity index (χ3n) is 1.99. The van der Waals surface area contributed by atoms with Gasteiger partial charge in [-0.05, 0) is 13.0 Å². The van der Waals surface area contributed by atoms with Gasteiger partial charge in [0.2, 0.25) is 5.91 Å². The summed E-state index contributed by atoms with van der Waals surface area (Å²) in [7, 11) is 1.62. The molecule has 0 aromatic heterocycles. The summed E-state index contributed by atoms with van der Waals surface area (Å²) in [4.78, 5) is 11.4. The fourth-order valence-electron chi connectivity index (χ4n) is 1.17. The van der Waals surface area contributed by atoms with E-state index in [-0.39, 0.29) is 18.3 Å². The van der Waals surface area contributed by atoms with E-state index in [4.69, 9.17) is 10.5 Å². The number of anilines is 1. The van der Waals surface area contributed by atoms with Crippen LogP contribution in [0.4, 0.5) is 5.69 Å². The van der Waals surface area contributed by atoms with Crippen LogP contribution in [0.15, 0.2) is 24.3 Å². The normalized spacial score (nSPS) is 11.4. The van der Waals surface area contributed by atoms with Crippen LogP contribution in [0.5, 0.6) is 0 Å². The molecule has 0 fully saturated rings. The summed E-state index contributed by atoms with van der Waals surface area (Å²) in [5.41, 5.74) is 7.15. The van der Waals surface area contributed by atoms with Gasteiger partial charge in [0.15, 0.2) is 0 Å². The van der Waals surface area contributed by atoms with Crippen LogP contribution >= 0.6 is 12.4 Å². The first-order chi connectivity index (χ1) is 7.15. The Morgan fingerprint density at radius 3 is 2.69 bits per heavy atom. The molecule has 0 saturated carbocycles. The van der Waals surface area contributed by atoms with E-state index in [9.17, 15) is 4.79 Å². The first-order valence-corrected chi connectivity index (χ1v) is 4.78. The largest absolute Gasteiger partial charge is 0.380 e. The predicted molar refractivity (Wildman–Crippen MR) is 66.7 cm³/mol. The zero-order chi connectivity index (χ0) is 11.3. The van der Waals surface area contributed by atoms with Crippen molar-refractivity contribution in [2.45, 2.75) is 19.6 Å². The lowest BCUT2D eigenvalue weighted by Crippen LogP contribution is -2.32. The van der Waals surface area contributed by atoms with Crippen LogP contribution in [-0.2, 0) is 16.1 Å². The van der Waals surface area contributed by atoms with E-state index in [1.54, 1.807) is 14.0 Å². The summed E-state index contributed by atoms with van der Waals surface area (Å²) in [6.07, 6.45) is 0. The number of methoxy groups -OCH3 is 1. The van der Waals surface area contributed by atoms with Gasteiger partial charge in [-0.2, -0.15) is 0 Å². The third-order valence-corrected chi connectivity index (χ3v) is 1.99. The molecule has 0 heterocycles. The number of nitrogens with one attached hydrogen (secondary N) is 1. The second-order valence-corrected chi connectivity index (χ2v) is 3.37. The minimum absolute atomic E-state index is 0. The Bertz CT molecular complexity index is 343. The van der Waals surface area contributed by atoms with Crippen LogP contribution in [0.1, 0.15) is 12.5 Å². The molecular weight excluding hydrogens is 228 g/mol. The molecule has 1 aromatic carbocycles. The van der Waals surface area contributed by atoms with Gasteiger partial charge in [-0.15, -0.1) is 12.4 Å². The molecule has 0 spiro atoms. The molecule has 5 heteroatoms. The van der Waals surface area contributed by atoms with Crippen LogP contribution in [-0.4, -0.2) is 19.1 Å². The fourth-order valence-corrected chi connectivity index (χ4v) is 1.17. The van der Waals surface area contributed by atoms with Crippen molar-refractivity contribution in [1.82, 2.24) is 0 Å². The van der Waals surface area contributed by atoms with E-state index in [1.165, 1.54) is 0 Å². The molecule has 1 amide bonds. The Labute approximate surface area is 102 Å². The van der Waals surface area contributed by atoms with Crippen molar-refractivity contribution < 1.29 is 9.53 Å². The van der Waals surface area contributed by atoms with Gasteiger partial charge in [0.05, 0.1) is 12.6 Å². The van der Waals surface area contributed by atoms with E-state index in [1.807, 2.05) is 24.3 Å². The first-order valence-electron chi connectivity index (χ1n) is 4.78. The average Bonchev–Trinajstić information content (AvgIpc) is 2.21. The number of halogens is 1. The summed E-state index contributed by atoms with van der Waals surface area (Å²) >= 11 is 0. The van der Waals surface area contributed by atoms with Crippen molar-refractivity contribution >= 4 is 24.0 Å². The van der Waals surface area contributed by atoms with E-state index < -0.39 is 6.04 Å². The smallest absolute Gasteiger partial charge is 0.241 e.